The largest absolute Gasteiger partial charge is 0.388 e. The molecule has 1 rings (SSSR count). The molecule has 0 amide bonds. The summed E-state index contributed by atoms with van der Waals surface area (Å²) in [4.78, 5) is 0. The Bertz CT molecular complexity index is 129. The van der Waals surface area contributed by atoms with Gasteiger partial charge in [0.05, 0.1) is 6.10 Å². The molecule has 1 aliphatic rings. The van der Waals surface area contributed by atoms with Gasteiger partial charge in [0.2, 0.25) is 0 Å². The van der Waals surface area contributed by atoms with Gasteiger partial charge >= 0.3 is 0 Å². The number of aliphatic hydroxyl groups is 3. The van der Waals surface area contributed by atoms with Gasteiger partial charge < -0.3 is 25.8 Å². The van der Waals surface area contributed by atoms with Crippen molar-refractivity contribution in [2.75, 3.05) is 0 Å². The molecule has 0 aromatic carbocycles. The van der Waals surface area contributed by atoms with E-state index in [1.165, 1.54) is 0 Å². The average Bonchev–Trinajstić information content (AvgIpc) is 1.97. The molecule has 1 aliphatic heterocycles. The zero-order valence-corrected chi connectivity index (χ0v) is 6.21. The normalized spacial score (nSPS) is 52.6. The zero-order chi connectivity index (χ0) is 8.59. The lowest BCUT2D eigenvalue weighted by atomic mass is 9.99. The van der Waals surface area contributed by atoms with Crippen molar-refractivity contribution in [3.05, 3.63) is 0 Å². The second kappa shape index (κ2) is 3.04. The van der Waals surface area contributed by atoms with Crippen LogP contribution >= 0.6 is 0 Å². The van der Waals surface area contributed by atoms with Crippen LogP contribution in [0.3, 0.4) is 0 Å². The van der Waals surface area contributed by atoms with Crippen LogP contribution in [0, 0.1) is 0 Å². The van der Waals surface area contributed by atoms with Crippen molar-refractivity contribution in [2.24, 2.45) is 5.73 Å². The molecular weight excluding hydrogens is 150 g/mol. The summed E-state index contributed by atoms with van der Waals surface area (Å²) in [6, 6.07) is 0. The number of ether oxygens (including phenoxy) is 1. The monoisotopic (exact) mass is 163 g/mol. The molecule has 0 spiro atoms. The van der Waals surface area contributed by atoms with E-state index in [4.69, 9.17) is 25.8 Å². The summed E-state index contributed by atoms with van der Waals surface area (Å²) in [5.41, 5.74) is 5.28. The van der Waals surface area contributed by atoms with Crippen LogP contribution in [-0.2, 0) is 4.74 Å². The lowest BCUT2D eigenvalue weighted by Crippen LogP contribution is -2.59. The molecule has 1 fully saturated rings. The van der Waals surface area contributed by atoms with Crippen molar-refractivity contribution >= 4 is 0 Å². The molecule has 66 valence electrons. The molecule has 5 atom stereocenters. The maximum atomic E-state index is 9.14. The third kappa shape index (κ3) is 1.52. The second-order valence-electron chi connectivity index (χ2n) is 2.78. The molecule has 0 bridgehead atoms. The van der Waals surface area contributed by atoms with E-state index in [2.05, 4.69) is 0 Å². The van der Waals surface area contributed by atoms with Gasteiger partial charge in [0.1, 0.15) is 24.5 Å². The van der Waals surface area contributed by atoms with E-state index in [1.807, 2.05) is 0 Å². The van der Waals surface area contributed by atoms with Gasteiger partial charge in [0.15, 0.2) is 0 Å². The first kappa shape index (κ1) is 8.89. The molecule has 5 nitrogen and oxygen atoms in total. The van der Waals surface area contributed by atoms with Crippen LogP contribution in [0.25, 0.3) is 0 Å². The minimum atomic E-state index is -1.21. The second-order valence-corrected chi connectivity index (χ2v) is 2.78. The number of hydrogen-bond donors (Lipinski definition) is 4. The van der Waals surface area contributed by atoms with E-state index >= 15 is 0 Å². The Morgan fingerprint density at radius 2 is 1.64 bits per heavy atom. The van der Waals surface area contributed by atoms with Gasteiger partial charge in [-0.15, -0.1) is 0 Å². The summed E-state index contributed by atoms with van der Waals surface area (Å²) in [5.74, 6) is 0. The minimum Gasteiger partial charge on any atom is -0.388 e. The van der Waals surface area contributed by atoms with Crippen LogP contribution in [0.5, 0.6) is 0 Å². The Morgan fingerprint density at radius 3 is 2.18 bits per heavy atom. The predicted octanol–water partition coefficient (Wildman–Crippen LogP) is -2.23. The molecule has 0 unspecified atom stereocenters. The quantitative estimate of drug-likeness (QED) is 0.324. The topological polar surface area (TPSA) is 95.9 Å². The lowest BCUT2D eigenvalue weighted by molar-refractivity contribution is -0.215. The highest BCUT2D eigenvalue weighted by Gasteiger charge is 2.39. The number of aliphatic hydroxyl groups excluding tert-OH is 3. The summed E-state index contributed by atoms with van der Waals surface area (Å²) < 4.78 is 4.90. The fourth-order valence-electron chi connectivity index (χ4n) is 1.08. The predicted molar refractivity (Wildman–Crippen MR) is 36.5 cm³/mol. The molecule has 1 saturated heterocycles. The van der Waals surface area contributed by atoms with Crippen molar-refractivity contribution in [1.29, 1.82) is 0 Å². The minimum absolute atomic E-state index is 0.539. The Morgan fingerprint density at radius 1 is 1.09 bits per heavy atom. The fraction of sp³-hybridized carbons (Fsp3) is 1.00. The van der Waals surface area contributed by atoms with Crippen LogP contribution in [0.4, 0.5) is 0 Å². The Balaban J connectivity index is 2.63. The van der Waals surface area contributed by atoms with Gasteiger partial charge in [-0.1, -0.05) is 0 Å². The molecule has 0 aliphatic carbocycles. The third-order valence-corrected chi connectivity index (χ3v) is 1.89. The van der Waals surface area contributed by atoms with Crippen molar-refractivity contribution in [2.45, 2.75) is 37.6 Å². The Labute approximate surface area is 64.4 Å². The van der Waals surface area contributed by atoms with E-state index in [1.54, 1.807) is 6.92 Å². The van der Waals surface area contributed by atoms with E-state index in [9.17, 15) is 0 Å². The first-order chi connectivity index (χ1) is 5.04. The third-order valence-electron chi connectivity index (χ3n) is 1.89. The Kier molecular flexibility index (Phi) is 2.46. The molecule has 5 heteroatoms. The van der Waals surface area contributed by atoms with Gasteiger partial charge in [-0.25, -0.2) is 0 Å². The molecule has 0 aromatic heterocycles. The number of hydrogen-bond acceptors (Lipinski definition) is 5. The van der Waals surface area contributed by atoms with Gasteiger partial charge in [-0.2, -0.15) is 0 Å². The van der Waals surface area contributed by atoms with Gasteiger partial charge in [0, 0.05) is 0 Å². The standard InChI is InChI=1S/C6H13NO4/c1-2-3(8)4(9)5(10)6(7)11-2/h2-6,8-10H,7H2,1H3/t2-,3+,4+,5-,6-/m0/s1. The van der Waals surface area contributed by atoms with Crippen LogP contribution in [0.2, 0.25) is 0 Å². The van der Waals surface area contributed by atoms with Crippen molar-refractivity contribution in [1.82, 2.24) is 0 Å². The maximum Gasteiger partial charge on any atom is 0.135 e. The highest BCUT2D eigenvalue weighted by molar-refractivity contribution is 4.87. The summed E-state index contributed by atoms with van der Waals surface area (Å²) in [5, 5.41) is 27.3. The number of rotatable bonds is 0. The molecule has 0 saturated carbocycles. The molecule has 11 heavy (non-hydrogen) atoms. The number of nitrogens with two attached hydrogens (primary N) is 1. The molecule has 0 radical (unpaired) electrons. The van der Waals surface area contributed by atoms with E-state index < -0.39 is 30.6 Å². The summed E-state index contributed by atoms with van der Waals surface area (Å²) >= 11 is 0. The van der Waals surface area contributed by atoms with E-state index in [0.29, 0.717) is 0 Å². The van der Waals surface area contributed by atoms with Crippen LogP contribution in [0.15, 0.2) is 0 Å². The SMILES string of the molecule is C[C@@H]1O[C@H](N)[C@@H](O)[C@H](O)[C@@H]1O. The van der Waals surface area contributed by atoms with Crippen molar-refractivity contribution in [3.8, 4) is 0 Å². The van der Waals surface area contributed by atoms with Gasteiger partial charge in [0.25, 0.3) is 0 Å². The molecular formula is C6H13NO4. The van der Waals surface area contributed by atoms with Gasteiger partial charge in [-0.3, -0.25) is 0 Å². The lowest BCUT2D eigenvalue weighted by Gasteiger charge is -2.37. The van der Waals surface area contributed by atoms with Crippen molar-refractivity contribution in [3.63, 3.8) is 0 Å². The average molecular weight is 163 g/mol. The first-order valence-electron chi connectivity index (χ1n) is 3.49. The fourth-order valence-corrected chi connectivity index (χ4v) is 1.08. The van der Waals surface area contributed by atoms with Gasteiger partial charge in [-0.05, 0) is 6.92 Å². The molecule has 1 heterocycles. The van der Waals surface area contributed by atoms with Crippen LogP contribution in [0.1, 0.15) is 6.92 Å². The first-order valence-corrected chi connectivity index (χ1v) is 3.49. The van der Waals surface area contributed by atoms with E-state index in [-0.39, 0.29) is 0 Å². The van der Waals surface area contributed by atoms with E-state index in [0.717, 1.165) is 0 Å². The molecule has 5 N–H and O–H groups in total. The maximum absolute atomic E-state index is 9.14. The molecule has 0 aromatic rings. The summed E-state index contributed by atoms with van der Waals surface area (Å²) in [6.07, 6.45) is -4.94. The Hall–Kier alpha value is -0.200. The summed E-state index contributed by atoms with van der Waals surface area (Å²) in [6.45, 7) is 1.58. The highest BCUT2D eigenvalue weighted by atomic mass is 16.5. The zero-order valence-electron chi connectivity index (χ0n) is 6.21. The smallest absolute Gasteiger partial charge is 0.135 e. The van der Waals surface area contributed by atoms with Crippen LogP contribution in [-0.4, -0.2) is 46.0 Å². The highest BCUT2D eigenvalue weighted by Crippen LogP contribution is 2.17. The summed E-state index contributed by atoms with van der Waals surface area (Å²) in [7, 11) is 0. The van der Waals surface area contributed by atoms with Crippen LogP contribution < -0.4 is 5.73 Å². The van der Waals surface area contributed by atoms with Crippen molar-refractivity contribution < 1.29 is 20.1 Å².